The van der Waals surface area contributed by atoms with Crippen molar-refractivity contribution in [3.05, 3.63) is 173 Å². The SMILES string of the molecule is CCC(OC(C)=O)c1ccc(F)cc1.CN(CCCc1ccc(N2C(=O)C[C@H]2c2ccc(C#CC3C[C@@H](OCc4ccccc4)C[C@@H](COCc4ccccc4)O3)cc2)cc1)S(C)(=O)=O. The lowest BCUT2D eigenvalue weighted by atomic mass is 9.92. The van der Waals surface area contributed by atoms with E-state index >= 15 is 0 Å². The number of nitrogens with zero attached hydrogens (tertiary/aromatic N) is 2. The number of hydrogen-bond acceptors (Lipinski definition) is 8. The van der Waals surface area contributed by atoms with Crippen LogP contribution < -0.4 is 4.90 Å². The second kappa shape index (κ2) is 24.0. The molecule has 10 nitrogen and oxygen atoms in total. The summed E-state index contributed by atoms with van der Waals surface area (Å²) in [7, 11) is -1.58. The molecule has 0 bridgehead atoms. The number of hydrogen-bond donors (Lipinski definition) is 0. The number of ether oxygens (including phenoxy) is 4. The van der Waals surface area contributed by atoms with Crippen molar-refractivity contribution in [3.63, 3.8) is 0 Å². The van der Waals surface area contributed by atoms with Gasteiger partial charge in [0.25, 0.3) is 0 Å². The molecule has 0 aliphatic carbocycles. The van der Waals surface area contributed by atoms with Gasteiger partial charge in [-0.25, -0.2) is 17.1 Å². The van der Waals surface area contributed by atoms with Crippen LogP contribution in [0, 0.1) is 17.7 Å². The van der Waals surface area contributed by atoms with Crippen LogP contribution in [0.5, 0.6) is 0 Å². The van der Waals surface area contributed by atoms with Gasteiger partial charge in [-0.05, 0) is 83.5 Å². The van der Waals surface area contributed by atoms with E-state index in [1.807, 2.05) is 84.6 Å². The zero-order valence-electron chi connectivity index (χ0n) is 37.6. The molecule has 5 aromatic rings. The highest BCUT2D eigenvalue weighted by Crippen LogP contribution is 2.39. The first-order valence-corrected chi connectivity index (χ1v) is 24.0. The van der Waals surface area contributed by atoms with Crippen molar-refractivity contribution in [1.82, 2.24) is 4.31 Å². The van der Waals surface area contributed by atoms with Crippen molar-refractivity contribution < 1.29 is 41.3 Å². The van der Waals surface area contributed by atoms with Gasteiger partial charge in [-0.1, -0.05) is 116 Å². The fraction of sp³-hybridized carbons (Fsp3) is 0.358. The van der Waals surface area contributed by atoms with Crippen LogP contribution in [0.15, 0.2) is 133 Å². The van der Waals surface area contributed by atoms with E-state index < -0.39 is 10.0 Å². The zero-order valence-corrected chi connectivity index (χ0v) is 38.4. The lowest BCUT2D eigenvalue weighted by molar-refractivity contribution is -0.146. The molecule has 7 rings (SSSR count). The molecule has 0 saturated carbocycles. The summed E-state index contributed by atoms with van der Waals surface area (Å²) in [5.74, 6) is 6.15. The molecule has 2 aliphatic rings. The lowest BCUT2D eigenvalue weighted by Crippen LogP contribution is -2.46. The third-order valence-electron chi connectivity index (χ3n) is 11.4. The van der Waals surface area contributed by atoms with Crippen LogP contribution >= 0.6 is 0 Å². The summed E-state index contributed by atoms with van der Waals surface area (Å²) in [5, 5.41) is 0. The summed E-state index contributed by atoms with van der Waals surface area (Å²) in [4.78, 5) is 25.3. The van der Waals surface area contributed by atoms with Gasteiger partial charge >= 0.3 is 5.97 Å². The Morgan fingerprint density at radius 1 is 0.862 bits per heavy atom. The highest BCUT2D eigenvalue weighted by molar-refractivity contribution is 7.88. The van der Waals surface area contributed by atoms with E-state index in [0.717, 1.165) is 58.3 Å². The fourth-order valence-electron chi connectivity index (χ4n) is 7.70. The molecular formula is C53H59FN2O8S. The number of carbonyl (C=O) groups is 2. The predicted octanol–water partition coefficient (Wildman–Crippen LogP) is 9.53. The van der Waals surface area contributed by atoms with Crippen molar-refractivity contribution in [2.45, 2.75) is 96.0 Å². The molecule has 0 aromatic heterocycles. The number of halogens is 1. The van der Waals surface area contributed by atoms with Crippen molar-refractivity contribution in [1.29, 1.82) is 0 Å². The quantitative estimate of drug-likeness (QED) is 0.0516. The molecule has 12 heteroatoms. The fourth-order valence-corrected chi connectivity index (χ4v) is 8.16. The summed E-state index contributed by atoms with van der Waals surface area (Å²) in [6, 6.07) is 42.4. The van der Waals surface area contributed by atoms with Crippen LogP contribution in [0.2, 0.25) is 0 Å². The minimum atomic E-state index is -3.18. The zero-order chi connectivity index (χ0) is 46.2. The third kappa shape index (κ3) is 15.2. The van der Waals surface area contributed by atoms with Crippen molar-refractivity contribution in [3.8, 4) is 11.8 Å². The number of aryl methyl sites for hydroxylation is 1. The van der Waals surface area contributed by atoms with Gasteiger partial charge in [0.2, 0.25) is 15.9 Å². The van der Waals surface area contributed by atoms with E-state index in [0.29, 0.717) is 45.6 Å². The van der Waals surface area contributed by atoms with Crippen LogP contribution in [-0.4, -0.2) is 69.4 Å². The van der Waals surface area contributed by atoms with E-state index in [4.69, 9.17) is 18.9 Å². The smallest absolute Gasteiger partial charge is 0.303 e. The Bertz CT molecular complexity index is 2440. The standard InChI is InChI=1S/C42H46N2O6S.C11H13FO2/c1-43(51(2,46)47)25-9-14-32-17-22-37(23-18-32)44-41(28-42(44)45)36-20-15-33(16-21-36)19-24-38-26-39(49-30-35-12-7-4-8-13-35)27-40(50-38)31-48-29-34-10-5-3-6-11-34;1-3-11(14-8(2)13)9-4-6-10(12)7-5-9/h3-8,10-13,15-18,20-23,38-41H,9,14,25-31H2,1-2H3;4-7,11H,3H2,1-2H3/t38?,39-,40+,41+;/m1./s1. The summed E-state index contributed by atoms with van der Waals surface area (Å²) >= 11 is 0. The molecular weight excluding hydrogens is 844 g/mol. The number of anilines is 1. The molecule has 0 spiro atoms. The Balaban J connectivity index is 0.000000427. The molecule has 0 N–H and O–H groups in total. The lowest BCUT2D eigenvalue weighted by Gasteiger charge is -2.41. The van der Waals surface area contributed by atoms with Gasteiger partial charge in [0.1, 0.15) is 18.0 Å². The summed E-state index contributed by atoms with van der Waals surface area (Å²) < 4.78 is 61.1. The molecule has 2 aliphatic heterocycles. The van der Waals surface area contributed by atoms with Crippen molar-refractivity contribution >= 4 is 27.6 Å². The maximum Gasteiger partial charge on any atom is 0.303 e. The van der Waals surface area contributed by atoms with Gasteiger partial charge in [-0.15, -0.1) is 0 Å². The highest BCUT2D eigenvalue weighted by atomic mass is 32.2. The first-order valence-electron chi connectivity index (χ1n) is 22.1. The normalized spacial score (nSPS) is 18.7. The van der Waals surface area contributed by atoms with E-state index in [-0.39, 0.29) is 48.2 Å². The molecule has 2 fully saturated rings. The molecule has 5 aromatic carbocycles. The molecule has 2 unspecified atom stereocenters. The Labute approximate surface area is 383 Å². The maximum absolute atomic E-state index is 12.7. The molecule has 2 saturated heterocycles. The molecule has 0 radical (unpaired) electrons. The average Bonchev–Trinajstić information content (AvgIpc) is 3.30. The first kappa shape index (κ1) is 48.8. The van der Waals surface area contributed by atoms with Gasteiger partial charge in [-0.3, -0.25) is 9.59 Å². The highest BCUT2D eigenvalue weighted by Gasteiger charge is 2.38. The molecule has 65 heavy (non-hydrogen) atoms. The van der Waals surface area contributed by atoms with Gasteiger partial charge in [0.05, 0.1) is 50.7 Å². The van der Waals surface area contributed by atoms with E-state index in [2.05, 4.69) is 48.2 Å². The summed E-state index contributed by atoms with van der Waals surface area (Å²) in [5.41, 5.74) is 7.00. The second-order valence-corrected chi connectivity index (χ2v) is 18.5. The van der Waals surface area contributed by atoms with Gasteiger partial charge in [0.15, 0.2) is 0 Å². The van der Waals surface area contributed by atoms with Gasteiger partial charge in [-0.2, -0.15) is 0 Å². The van der Waals surface area contributed by atoms with E-state index in [1.165, 1.54) is 29.6 Å². The first-order chi connectivity index (χ1) is 31.3. The molecule has 2 heterocycles. The number of rotatable bonds is 17. The van der Waals surface area contributed by atoms with Crippen LogP contribution in [-0.2, 0) is 58.2 Å². The Morgan fingerprint density at radius 2 is 1.51 bits per heavy atom. The topological polar surface area (TPSA) is 112 Å². The third-order valence-corrected chi connectivity index (χ3v) is 12.7. The van der Waals surface area contributed by atoms with Crippen LogP contribution in [0.1, 0.15) is 91.5 Å². The number of carbonyl (C=O) groups excluding carboxylic acids is 2. The Kier molecular flexibility index (Phi) is 18.0. The predicted molar refractivity (Wildman–Crippen MR) is 251 cm³/mol. The minimum absolute atomic E-state index is 0.00346. The van der Waals surface area contributed by atoms with Crippen LogP contribution in [0.4, 0.5) is 10.1 Å². The Hall–Kier alpha value is -5.68. The second-order valence-electron chi connectivity index (χ2n) is 16.4. The largest absolute Gasteiger partial charge is 0.458 e. The number of β-lactam (4-membered cyclic amide) rings is 1. The van der Waals surface area contributed by atoms with Crippen LogP contribution in [0.3, 0.4) is 0 Å². The van der Waals surface area contributed by atoms with Crippen molar-refractivity contribution in [2.75, 3.05) is 31.4 Å². The monoisotopic (exact) mass is 902 g/mol. The van der Waals surface area contributed by atoms with Gasteiger partial charge < -0.3 is 23.8 Å². The van der Waals surface area contributed by atoms with E-state index in [9.17, 15) is 22.4 Å². The minimum Gasteiger partial charge on any atom is -0.458 e. The number of sulfonamides is 1. The maximum atomic E-state index is 12.7. The van der Waals surface area contributed by atoms with E-state index in [1.54, 1.807) is 19.2 Å². The summed E-state index contributed by atoms with van der Waals surface area (Å²) in [6.07, 6.45) is 4.60. The van der Waals surface area contributed by atoms with Gasteiger partial charge in [0, 0.05) is 44.6 Å². The number of esters is 1. The molecule has 1 amide bonds. The summed E-state index contributed by atoms with van der Waals surface area (Å²) in [6.45, 7) is 5.29. The molecule has 342 valence electrons. The average molecular weight is 903 g/mol. The molecule has 5 atom stereocenters. The number of benzene rings is 5. The van der Waals surface area contributed by atoms with Crippen molar-refractivity contribution in [2.24, 2.45) is 0 Å². The Morgan fingerprint density at radius 3 is 2.11 bits per heavy atom. The number of amides is 1. The van der Waals surface area contributed by atoms with Crippen LogP contribution in [0.25, 0.3) is 0 Å².